The van der Waals surface area contributed by atoms with Gasteiger partial charge in [-0.2, -0.15) is 0 Å². The number of thiophene rings is 1. The van der Waals surface area contributed by atoms with Gasteiger partial charge >= 0.3 is 0 Å². The van der Waals surface area contributed by atoms with Crippen LogP contribution in [0.4, 0.5) is 0 Å². The van der Waals surface area contributed by atoms with Crippen molar-refractivity contribution in [3.8, 4) is 0 Å². The summed E-state index contributed by atoms with van der Waals surface area (Å²) < 4.78 is 6.75. The summed E-state index contributed by atoms with van der Waals surface area (Å²) >= 11 is 3.76. The number of hydrogen-bond acceptors (Lipinski definition) is 4. The van der Waals surface area contributed by atoms with E-state index < -0.39 is 0 Å². The maximum absolute atomic E-state index is 5.33. The highest BCUT2D eigenvalue weighted by Gasteiger charge is 2.14. The Bertz CT molecular complexity index is 258. The van der Waals surface area contributed by atoms with Crippen LogP contribution in [0.1, 0.15) is 6.42 Å². The Morgan fingerprint density at radius 2 is 2.60 bits per heavy atom. The number of nitrogens with one attached hydrogen (secondary N) is 1. The van der Waals surface area contributed by atoms with Crippen LogP contribution < -0.4 is 5.32 Å². The molecule has 1 atom stereocenters. The Kier molecular flexibility index (Phi) is 4.99. The lowest BCUT2D eigenvalue weighted by Gasteiger charge is -2.08. The Hall–Kier alpha value is -0.0300. The molecule has 0 saturated carbocycles. The molecule has 2 rings (SSSR count). The predicted octanol–water partition coefficient (Wildman–Crippen LogP) is 2.47. The summed E-state index contributed by atoms with van der Waals surface area (Å²) in [7, 11) is 0. The fourth-order valence-corrected chi connectivity index (χ4v) is 3.38. The Balaban J connectivity index is 1.48. The lowest BCUT2D eigenvalue weighted by Crippen LogP contribution is -2.25. The van der Waals surface area contributed by atoms with E-state index in [0.717, 1.165) is 38.0 Å². The molecule has 0 aliphatic carbocycles. The molecule has 0 amide bonds. The molecule has 2 heterocycles. The largest absolute Gasteiger partial charge is 0.381 e. The topological polar surface area (TPSA) is 21.3 Å². The van der Waals surface area contributed by atoms with Crippen LogP contribution in [-0.2, 0) is 4.74 Å². The van der Waals surface area contributed by atoms with Crippen LogP contribution in [0, 0.1) is 5.92 Å². The second-order valence-electron chi connectivity index (χ2n) is 3.71. The molecule has 1 N–H and O–H groups in total. The smallest absolute Gasteiger partial charge is 0.0598 e. The fourth-order valence-electron chi connectivity index (χ4n) is 1.62. The van der Waals surface area contributed by atoms with Crippen molar-refractivity contribution in [3.05, 3.63) is 17.5 Å². The molecule has 1 fully saturated rings. The Morgan fingerprint density at radius 3 is 3.33 bits per heavy atom. The predicted molar refractivity (Wildman–Crippen MR) is 66.8 cm³/mol. The summed E-state index contributed by atoms with van der Waals surface area (Å²) in [5.41, 5.74) is 0. The molecule has 84 valence electrons. The van der Waals surface area contributed by atoms with Crippen molar-refractivity contribution in [2.75, 3.05) is 32.1 Å². The fraction of sp³-hybridized carbons (Fsp3) is 0.636. The highest BCUT2D eigenvalue weighted by atomic mass is 32.2. The number of ether oxygens (including phenoxy) is 1. The highest BCUT2D eigenvalue weighted by Crippen LogP contribution is 2.22. The quantitative estimate of drug-likeness (QED) is 0.612. The van der Waals surface area contributed by atoms with Crippen LogP contribution in [0.2, 0.25) is 0 Å². The first kappa shape index (κ1) is 11.5. The van der Waals surface area contributed by atoms with Gasteiger partial charge in [0.2, 0.25) is 0 Å². The summed E-state index contributed by atoms with van der Waals surface area (Å²) in [6, 6.07) is 4.29. The first-order chi connectivity index (χ1) is 7.45. The lowest BCUT2D eigenvalue weighted by atomic mass is 10.1. The van der Waals surface area contributed by atoms with Gasteiger partial charge in [0.25, 0.3) is 0 Å². The van der Waals surface area contributed by atoms with Crippen molar-refractivity contribution >= 4 is 23.1 Å². The van der Waals surface area contributed by atoms with E-state index in [4.69, 9.17) is 4.74 Å². The number of thioether (sulfide) groups is 1. The maximum atomic E-state index is 5.33. The summed E-state index contributed by atoms with van der Waals surface area (Å²) in [5.74, 6) is 1.91. The van der Waals surface area contributed by atoms with Gasteiger partial charge in [0, 0.05) is 25.4 Å². The van der Waals surface area contributed by atoms with Crippen LogP contribution in [0.5, 0.6) is 0 Å². The minimum Gasteiger partial charge on any atom is -0.381 e. The van der Waals surface area contributed by atoms with Gasteiger partial charge in [0.05, 0.1) is 10.8 Å². The van der Waals surface area contributed by atoms with Crippen molar-refractivity contribution in [1.29, 1.82) is 0 Å². The van der Waals surface area contributed by atoms with E-state index in [1.54, 1.807) is 0 Å². The van der Waals surface area contributed by atoms with Crippen molar-refractivity contribution in [1.82, 2.24) is 5.32 Å². The lowest BCUT2D eigenvalue weighted by molar-refractivity contribution is 0.185. The normalized spacial score (nSPS) is 20.9. The molecular formula is C11H17NOS2. The molecule has 15 heavy (non-hydrogen) atoms. The van der Waals surface area contributed by atoms with E-state index in [1.807, 2.05) is 23.1 Å². The van der Waals surface area contributed by atoms with Gasteiger partial charge in [-0.05, 0) is 23.8 Å². The summed E-state index contributed by atoms with van der Waals surface area (Å²) in [5, 5.41) is 5.62. The van der Waals surface area contributed by atoms with Crippen molar-refractivity contribution < 1.29 is 4.74 Å². The summed E-state index contributed by atoms with van der Waals surface area (Å²) in [4.78, 5) is 0. The van der Waals surface area contributed by atoms with Crippen LogP contribution in [-0.4, -0.2) is 32.1 Å². The standard InChI is InChI=1S/C11H17NOS2/c1-2-11(14-6-1)15-7-4-12-8-10-3-5-13-9-10/h1-2,6,10,12H,3-5,7-9H2. The zero-order valence-electron chi connectivity index (χ0n) is 8.78. The molecule has 0 bridgehead atoms. The van der Waals surface area contributed by atoms with Gasteiger partial charge < -0.3 is 10.1 Å². The maximum Gasteiger partial charge on any atom is 0.0598 e. The molecule has 1 unspecified atom stereocenters. The average Bonchev–Trinajstić information content (AvgIpc) is 2.88. The number of hydrogen-bond donors (Lipinski definition) is 1. The average molecular weight is 243 g/mol. The monoisotopic (exact) mass is 243 g/mol. The van der Waals surface area contributed by atoms with Crippen LogP contribution in [0.15, 0.2) is 21.7 Å². The van der Waals surface area contributed by atoms with E-state index in [2.05, 4.69) is 22.8 Å². The van der Waals surface area contributed by atoms with Crippen LogP contribution in [0.25, 0.3) is 0 Å². The molecular weight excluding hydrogens is 226 g/mol. The van der Waals surface area contributed by atoms with Gasteiger partial charge in [-0.3, -0.25) is 0 Å². The number of rotatable bonds is 6. The van der Waals surface area contributed by atoms with Crippen LogP contribution in [0.3, 0.4) is 0 Å². The molecule has 1 aliphatic heterocycles. The summed E-state index contributed by atoms with van der Waals surface area (Å²) in [6.07, 6.45) is 1.23. The van der Waals surface area contributed by atoms with E-state index >= 15 is 0 Å². The van der Waals surface area contributed by atoms with Crippen molar-refractivity contribution in [2.24, 2.45) is 5.92 Å². The molecule has 4 heteroatoms. The minimum atomic E-state index is 0.747. The third kappa shape index (κ3) is 4.15. The molecule has 1 aliphatic rings. The Labute approximate surface area is 99.4 Å². The first-order valence-electron chi connectivity index (χ1n) is 5.40. The molecule has 1 aromatic heterocycles. The SMILES string of the molecule is c1csc(SCCNCC2CCOC2)c1. The van der Waals surface area contributed by atoms with Gasteiger partial charge in [-0.25, -0.2) is 0 Å². The summed E-state index contributed by atoms with van der Waals surface area (Å²) in [6.45, 7) is 4.12. The molecule has 0 radical (unpaired) electrons. The second kappa shape index (κ2) is 6.53. The zero-order chi connectivity index (χ0) is 10.3. The molecule has 1 aromatic rings. The van der Waals surface area contributed by atoms with Gasteiger partial charge in [0.1, 0.15) is 0 Å². The Morgan fingerprint density at radius 1 is 1.60 bits per heavy atom. The van der Waals surface area contributed by atoms with E-state index in [-0.39, 0.29) is 0 Å². The second-order valence-corrected chi connectivity index (χ2v) is 6.06. The minimum absolute atomic E-state index is 0.747. The van der Waals surface area contributed by atoms with Gasteiger partial charge in [-0.15, -0.1) is 23.1 Å². The van der Waals surface area contributed by atoms with Crippen molar-refractivity contribution in [3.63, 3.8) is 0 Å². The van der Waals surface area contributed by atoms with Crippen molar-refractivity contribution in [2.45, 2.75) is 10.6 Å². The van der Waals surface area contributed by atoms with E-state index in [9.17, 15) is 0 Å². The first-order valence-corrected chi connectivity index (χ1v) is 7.26. The highest BCUT2D eigenvalue weighted by molar-refractivity contribution is 8.01. The van der Waals surface area contributed by atoms with E-state index in [1.165, 1.54) is 10.6 Å². The third-order valence-corrected chi connectivity index (χ3v) is 4.61. The van der Waals surface area contributed by atoms with Gasteiger partial charge in [0.15, 0.2) is 0 Å². The van der Waals surface area contributed by atoms with E-state index in [0.29, 0.717) is 0 Å². The molecule has 0 aromatic carbocycles. The molecule has 1 saturated heterocycles. The van der Waals surface area contributed by atoms with Crippen LogP contribution >= 0.6 is 23.1 Å². The molecule has 0 spiro atoms. The zero-order valence-corrected chi connectivity index (χ0v) is 10.4. The molecule has 2 nitrogen and oxygen atoms in total. The van der Waals surface area contributed by atoms with Gasteiger partial charge in [-0.1, -0.05) is 6.07 Å². The third-order valence-electron chi connectivity index (χ3n) is 2.48.